The van der Waals surface area contributed by atoms with Crippen LogP contribution in [-0.4, -0.2) is 79.1 Å². The molecule has 2 aliphatic carbocycles. The Labute approximate surface area is 332 Å². The molecule has 3 fully saturated rings. The van der Waals surface area contributed by atoms with Crippen molar-refractivity contribution in [1.82, 2.24) is 40.5 Å². The maximum absolute atomic E-state index is 13.8. The Kier molecular flexibility index (Phi) is 10.7. The third-order valence-corrected chi connectivity index (χ3v) is 12.3. The molecule has 13 heteroatoms. The van der Waals surface area contributed by atoms with E-state index in [1.807, 2.05) is 43.3 Å². The molecule has 8 rings (SSSR count). The monoisotopic (exact) mass is 770 g/mol. The fourth-order valence-electron chi connectivity index (χ4n) is 9.16. The number of aliphatic hydroxyl groups is 1. The van der Waals surface area contributed by atoms with Crippen LogP contribution in [-0.2, 0) is 14.3 Å². The summed E-state index contributed by atoms with van der Waals surface area (Å²) in [4.78, 5) is 61.7. The van der Waals surface area contributed by atoms with E-state index in [0.717, 1.165) is 70.1 Å². The van der Waals surface area contributed by atoms with Crippen LogP contribution in [0.1, 0.15) is 75.2 Å². The van der Waals surface area contributed by atoms with Gasteiger partial charge < -0.3 is 35.3 Å². The van der Waals surface area contributed by atoms with Gasteiger partial charge in [-0.2, -0.15) is 0 Å². The van der Waals surface area contributed by atoms with Crippen LogP contribution in [0.15, 0.2) is 85.5 Å². The zero-order chi connectivity index (χ0) is 39.8. The maximum atomic E-state index is 13.8. The van der Waals surface area contributed by atoms with Crippen molar-refractivity contribution >= 4 is 17.9 Å². The number of aromatic nitrogens is 5. The number of rotatable bonds is 12. The normalized spacial score (nSPS) is 23.5. The minimum atomic E-state index is -0.685. The molecule has 1 aliphatic heterocycles. The number of aromatic amines is 2. The highest BCUT2D eigenvalue weighted by Gasteiger charge is 2.61. The van der Waals surface area contributed by atoms with Crippen molar-refractivity contribution in [1.29, 1.82) is 0 Å². The lowest BCUT2D eigenvalue weighted by Crippen LogP contribution is -2.51. The lowest BCUT2D eigenvalue weighted by molar-refractivity contribution is -0.135. The van der Waals surface area contributed by atoms with Crippen LogP contribution in [0, 0.1) is 29.6 Å². The third kappa shape index (κ3) is 7.55. The van der Waals surface area contributed by atoms with Crippen molar-refractivity contribution in [3.05, 3.63) is 103 Å². The number of nitrogens with one attached hydrogen (secondary N) is 4. The molecule has 8 atom stereocenters. The summed E-state index contributed by atoms with van der Waals surface area (Å²) in [7, 11) is 1.29. The summed E-state index contributed by atoms with van der Waals surface area (Å²) in [6.07, 6.45) is 9.09. The van der Waals surface area contributed by atoms with Crippen LogP contribution in [0.25, 0.3) is 33.6 Å². The van der Waals surface area contributed by atoms with E-state index in [9.17, 15) is 19.5 Å². The molecular formula is C44H50N8O5. The predicted molar refractivity (Wildman–Crippen MR) is 214 cm³/mol. The number of likely N-dealkylation sites (tertiary alicyclic amines) is 1. The van der Waals surface area contributed by atoms with Crippen LogP contribution < -0.4 is 10.6 Å². The molecule has 57 heavy (non-hydrogen) atoms. The number of benzene rings is 2. The van der Waals surface area contributed by atoms with Gasteiger partial charge in [-0.05, 0) is 76.8 Å². The smallest absolute Gasteiger partial charge is 0.407 e. The summed E-state index contributed by atoms with van der Waals surface area (Å²) < 4.78 is 4.76. The number of aliphatic hydroxyl groups excluding tert-OH is 1. The molecule has 5 N–H and O–H groups in total. The minimum Gasteiger partial charge on any atom is -0.453 e. The molecule has 2 unspecified atom stereocenters. The summed E-state index contributed by atoms with van der Waals surface area (Å²) in [5.74, 6) is 2.17. The predicted octanol–water partition coefficient (Wildman–Crippen LogP) is 6.41. The van der Waals surface area contributed by atoms with E-state index in [-0.39, 0.29) is 42.2 Å². The third-order valence-electron chi connectivity index (χ3n) is 12.3. The molecule has 1 saturated heterocycles. The number of carbonyl (C=O) groups excluding carboxylic acids is 3. The SMILES string of the molecule is COC(=O)NC(C(=O)N1CCC[C@H]1c1ncc(-c2ccc(-c3ccc(-c4cnc([C@H]5[C@H](C(=O)N[C@H](CO)c6cccnc6)[C@@H]6CC6[C@H]5C)[nH]4)cc3)cc2)[nH]1)C(C)C. The Bertz CT molecular complexity index is 2200. The van der Waals surface area contributed by atoms with Gasteiger partial charge in [0.05, 0.1) is 55.5 Å². The second-order valence-corrected chi connectivity index (χ2v) is 16.1. The Balaban J connectivity index is 0.925. The van der Waals surface area contributed by atoms with Crippen molar-refractivity contribution in [3.8, 4) is 33.6 Å². The van der Waals surface area contributed by atoms with E-state index in [1.165, 1.54) is 7.11 Å². The van der Waals surface area contributed by atoms with E-state index in [0.29, 0.717) is 24.3 Å². The molecule has 296 valence electrons. The van der Waals surface area contributed by atoms with Gasteiger partial charge in [0.1, 0.15) is 17.7 Å². The molecule has 3 amide bonds. The highest BCUT2D eigenvalue weighted by molar-refractivity contribution is 5.86. The first-order valence-corrected chi connectivity index (χ1v) is 19.9. The number of alkyl carbamates (subject to hydrolysis) is 1. The number of carbonyl (C=O) groups is 3. The fourth-order valence-corrected chi connectivity index (χ4v) is 9.16. The van der Waals surface area contributed by atoms with Crippen molar-refractivity contribution in [2.75, 3.05) is 20.3 Å². The van der Waals surface area contributed by atoms with E-state index in [1.54, 1.807) is 12.4 Å². The topological polar surface area (TPSA) is 178 Å². The van der Waals surface area contributed by atoms with Gasteiger partial charge >= 0.3 is 6.09 Å². The standard InChI is InChI=1S/C44H50N8O5/c1-24(2)39(51-44(56)57-4)43(55)52-18-6-8-36(52)40-46-21-33(48-40)28-13-9-26(10-14-28)27-11-15-29(16-12-27)34-22-47-41(49-34)37-25(3)31-19-32(31)38(37)42(54)50-35(23-53)30-7-5-17-45-20-30/h5,7,9-17,20-22,24-25,31-32,35-39,53H,6,8,18-19,23H2,1-4H3,(H,46,48)(H,47,49)(H,50,54)(H,51,56)/t25-,31?,32-,35-,36+,37-,38-,39?/m1/s1. The second kappa shape index (κ2) is 16.0. The lowest BCUT2D eigenvalue weighted by atomic mass is 9.83. The van der Waals surface area contributed by atoms with E-state index in [2.05, 4.69) is 86.0 Å². The molecule has 2 aromatic carbocycles. The van der Waals surface area contributed by atoms with Crippen molar-refractivity contribution in [2.24, 2.45) is 29.6 Å². The average molecular weight is 771 g/mol. The quantitative estimate of drug-likeness (QED) is 0.0967. The Morgan fingerprint density at radius 2 is 1.51 bits per heavy atom. The number of hydrogen-bond acceptors (Lipinski definition) is 8. The zero-order valence-electron chi connectivity index (χ0n) is 32.7. The Hall–Kier alpha value is -5.82. The fraction of sp³-hybridized carbons (Fsp3) is 0.409. The number of imidazole rings is 2. The summed E-state index contributed by atoms with van der Waals surface area (Å²) in [5.41, 5.74) is 6.69. The van der Waals surface area contributed by atoms with Crippen LogP contribution in [0.4, 0.5) is 4.79 Å². The first-order chi connectivity index (χ1) is 27.6. The van der Waals surface area contributed by atoms with Crippen LogP contribution in [0.3, 0.4) is 0 Å². The second-order valence-electron chi connectivity index (χ2n) is 16.1. The molecule has 0 spiro atoms. The Morgan fingerprint density at radius 1 is 0.877 bits per heavy atom. The van der Waals surface area contributed by atoms with Crippen molar-refractivity contribution in [3.63, 3.8) is 0 Å². The van der Waals surface area contributed by atoms with Crippen LogP contribution >= 0.6 is 0 Å². The number of H-pyrrole nitrogens is 2. The van der Waals surface area contributed by atoms with Crippen LogP contribution in [0.5, 0.6) is 0 Å². The summed E-state index contributed by atoms with van der Waals surface area (Å²) in [6.45, 7) is 6.44. The maximum Gasteiger partial charge on any atom is 0.407 e. The molecule has 13 nitrogen and oxygen atoms in total. The van der Waals surface area contributed by atoms with Gasteiger partial charge in [-0.15, -0.1) is 0 Å². The molecule has 0 bridgehead atoms. The number of nitrogens with zero attached hydrogens (tertiary/aromatic N) is 4. The van der Waals surface area contributed by atoms with Gasteiger partial charge in [-0.1, -0.05) is 75.4 Å². The molecule has 0 radical (unpaired) electrons. The van der Waals surface area contributed by atoms with Gasteiger partial charge in [0.25, 0.3) is 0 Å². The van der Waals surface area contributed by atoms with Crippen molar-refractivity contribution in [2.45, 2.75) is 64.1 Å². The Morgan fingerprint density at radius 3 is 2.11 bits per heavy atom. The molecule has 3 aromatic heterocycles. The number of pyridine rings is 1. The lowest BCUT2D eigenvalue weighted by Gasteiger charge is -2.30. The average Bonchev–Trinajstić information content (AvgIpc) is 3.68. The first-order valence-electron chi connectivity index (χ1n) is 19.9. The molecule has 3 aliphatic rings. The summed E-state index contributed by atoms with van der Waals surface area (Å²) in [6, 6.07) is 19.0. The van der Waals surface area contributed by atoms with Gasteiger partial charge in [0, 0.05) is 24.9 Å². The highest BCUT2D eigenvalue weighted by atomic mass is 16.5. The van der Waals surface area contributed by atoms with Crippen LogP contribution in [0.2, 0.25) is 0 Å². The van der Waals surface area contributed by atoms with Gasteiger partial charge in [-0.25, -0.2) is 14.8 Å². The number of amides is 3. The van der Waals surface area contributed by atoms with Crippen molar-refractivity contribution < 1.29 is 24.2 Å². The summed E-state index contributed by atoms with van der Waals surface area (Å²) in [5, 5.41) is 15.9. The number of fused-ring (bicyclic) bond motifs is 1. The molecule has 4 heterocycles. The van der Waals surface area contributed by atoms with Gasteiger partial charge in [0.2, 0.25) is 11.8 Å². The molecule has 2 saturated carbocycles. The number of methoxy groups -OCH3 is 1. The number of hydrogen-bond donors (Lipinski definition) is 5. The molecule has 5 aromatic rings. The van der Waals surface area contributed by atoms with E-state index in [4.69, 9.17) is 9.72 Å². The van der Waals surface area contributed by atoms with Gasteiger partial charge in [0.15, 0.2) is 0 Å². The summed E-state index contributed by atoms with van der Waals surface area (Å²) >= 11 is 0. The zero-order valence-corrected chi connectivity index (χ0v) is 32.7. The molecular weight excluding hydrogens is 721 g/mol. The van der Waals surface area contributed by atoms with Gasteiger partial charge in [-0.3, -0.25) is 14.6 Å². The largest absolute Gasteiger partial charge is 0.453 e. The first kappa shape index (κ1) is 38.1. The van der Waals surface area contributed by atoms with E-state index >= 15 is 0 Å². The van der Waals surface area contributed by atoms with E-state index < -0.39 is 18.2 Å². The minimum absolute atomic E-state index is 0.0355. The highest BCUT2D eigenvalue weighted by Crippen LogP contribution is 2.64. The number of ether oxygens (including phenoxy) is 1.